The minimum Gasteiger partial charge on any atom is -0.330 e. The SMILES string of the molecule is CCN(CC)CCCCC(N)(CCCCN)CCCCN(CC)CC. The van der Waals surface area contributed by atoms with Crippen LogP contribution in [-0.2, 0) is 0 Å². The second kappa shape index (κ2) is 16.0. The maximum atomic E-state index is 6.83. The predicted octanol–water partition coefficient (Wildman–Crippen LogP) is 3.84. The van der Waals surface area contributed by atoms with Gasteiger partial charge in [-0.25, -0.2) is 0 Å². The molecule has 0 aromatic heterocycles. The molecular weight excluding hydrogens is 308 g/mol. The molecular formula is C21H48N4. The highest BCUT2D eigenvalue weighted by atomic mass is 15.1. The summed E-state index contributed by atoms with van der Waals surface area (Å²) in [5.74, 6) is 0. The molecule has 0 atom stereocenters. The van der Waals surface area contributed by atoms with Gasteiger partial charge >= 0.3 is 0 Å². The van der Waals surface area contributed by atoms with Crippen molar-refractivity contribution in [2.75, 3.05) is 45.8 Å². The number of nitrogens with two attached hydrogens (primary N) is 2. The second-order valence-electron chi connectivity index (χ2n) is 7.58. The van der Waals surface area contributed by atoms with E-state index >= 15 is 0 Å². The lowest BCUT2D eigenvalue weighted by Gasteiger charge is -2.31. The zero-order valence-corrected chi connectivity index (χ0v) is 17.9. The molecule has 0 amide bonds. The van der Waals surface area contributed by atoms with Gasteiger partial charge in [0.25, 0.3) is 0 Å². The zero-order valence-electron chi connectivity index (χ0n) is 17.9. The largest absolute Gasteiger partial charge is 0.330 e. The van der Waals surface area contributed by atoms with E-state index < -0.39 is 0 Å². The maximum Gasteiger partial charge on any atom is 0.0154 e. The first kappa shape index (κ1) is 24.8. The Kier molecular flexibility index (Phi) is 15.9. The van der Waals surface area contributed by atoms with E-state index in [1.54, 1.807) is 0 Å². The molecule has 25 heavy (non-hydrogen) atoms. The van der Waals surface area contributed by atoms with Crippen molar-refractivity contribution in [2.24, 2.45) is 11.5 Å². The van der Waals surface area contributed by atoms with Gasteiger partial charge in [0.2, 0.25) is 0 Å². The lowest BCUT2D eigenvalue weighted by Crippen LogP contribution is -2.40. The summed E-state index contributed by atoms with van der Waals surface area (Å²) in [7, 11) is 0. The van der Waals surface area contributed by atoms with Crippen LogP contribution in [0.25, 0.3) is 0 Å². The molecule has 4 N–H and O–H groups in total. The van der Waals surface area contributed by atoms with Crippen LogP contribution in [-0.4, -0.2) is 61.2 Å². The van der Waals surface area contributed by atoms with Crippen LogP contribution in [0.15, 0.2) is 0 Å². The topological polar surface area (TPSA) is 58.5 Å². The van der Waals surface area contributed by atoms with E-state index in [1.165, 1.54) is 58.0 Å². The summed E-state index contributed by atoms with van der Waals surface area (Å²) >= 11 is 0. The molecule has 0 bridgehead atoms. The van der Waals surface area contributed by atoms with Gasteiger partial charge in [-0.3, -0.25) is 0 Å². The number of nitrogens with zero attached hydrogens (tertiary/aromatic N) is 2. The third kappa shape index (κ3) is 12.8. The number of hydrogen-bond donors (Lipinski definition) is 2. The fourth-order valence-electron chi connectivity index (χ4n) is 3.70. The lowest BCUT2D eigenvalue weighted by molar-refractivity contribution is 0.261. The summed E-state index contributed by atoms with van der Waals surface area (Å²) in [6, 6.07) is 0. The molecule has 0 saturated carbocycles. The van der Waals surface area contributed by atoms with Crippen LogP contribution in [0.1, 0.15) is 85.5 Å². The molecule has 0 aromatic carbocycles. The first-order valence-electron chi connectivity index (χ1n) is 11.0. The van der Waals surface area contributed by atoms with Crippen LogP contribution in [0.2, 0.25) is 0 Å². The highest BCUT2D eigenvalue weighted by Crippen LogP contribution is 2.25. The molecule has 0 aromatic rings. The molecule has 0 aliphatic carbocycles. The number of unbranched alkanes of at least 4 members (excludes halogenated alkanes) is 3. The summed E-state index contributed by atoms with van der Waals surface area (Å²) < 4.78 is 0. The van der Waals surface area contributed by atoms with E-state index in [0.29, 0.717) is 0 Å². The summed E-state index contributed by atoms with van der Waals surface area (Å²) in [4.78, 5) is 5.02. The molecule has 0 aliphatic rings. The Morgan fingerprint density at radius 1 is 0.600 bits per heavy atom. The smallest absolute Gasteiger partial charge is 0.0154 e. The van der Waals surface area contributed by atoms with Crippen molar-refractivity contribution < 1.29 is 0 Å². The van der Waals surface area contributed by atoms with E-state index in [2.05, 4.69) is 37.5 Å². The van der Waals surface area contributed by atoms with Crippen LogP contribution in [0, 0.1) is 0 Å². The Bertz CT molecular complexity index is 255. The first-order chi connectivity index (χ1) is 12.0. The Morgan fingerprint density at radius 2 is 0.960 bits per heavy atom. The van der Waals surface area contributed by atoms with E-state index in [1.807, 2.05) is 0 Å². The van der Waals surface area contributed by atoms with Gasteiger partial charge in [-0.2, -0.15) is 0 Å². The first-order valence-corrected chi connectivity index (χ1v) is 11.0. The molecule has 152 valence electrons. The van der Waals surface area contributed by atoms with Crippen LogP contribution >= 0.6 is 0 Å². The molecule has 0 radical (unpaired) electrons. The molecule has 0 saturated heterocycles. The second-order valence-corrected chi connectivity index (χ2v) is 7.58. The van der Waals surface area contributed by atoms with Gasteiger partial charge in [0.15, 0.2) is 0 Å². The predicted molar refractivity (Wildman–Crippen MR) is 113 cm³/mol. The number of rotatable bonds is 18. The summed E-state index contributed by atoms with van der Waals surface area (Å²) in [6.07, 6.45) is 10.8. The summed E-state index contributed by atoms with van der Waals surface area (Å²) in [6.45, 7) is 16.9. The third-order valence-electron chi connectivity index (χ3n) is 5.72. The van der Waals surface area contributed by atoms with Crippen molar-refractivity contribution in [2.45, 2.75) is 91.0 Å². The van der Waals surface area contributed by atoms with Crippen LogP contribution < -0.4 is 11.5 Å². The van der Waals surface area contributed by atoms with E-state index in [4.69, 9.17) is 11.5 Å². The average molecular weight is 357 g/mol. The van der Waals surface area contributed by atoms with E-state index in [0.717, 1.165) is 45.6 Å². The molecule has 4 nitrogen and oxygen atoms in total. The average Bonchev–Trinajstić information content (AvgIpc) is 2.62. The molecule has 0 aliphatic heterocycles. The lowest BCUT2D eigenvalue weighted by atomic mass is 9.83. The molecule has 0 fully saturated rings. The van der Waals surface area contributed by atoms with Crippen molar-refractivity contribution in [3.05, 3.63) is 0 Å². The molecule has 0 unspecified atom stereocenters. The van der Waals surface area contributed by atoms with Gasteiger partial charge in [-0.05, 0) is 84.3 Å². The van der Waals surface area contributed by atoms with Crippen LogP contribution in [0.5, 0.6) is 0 Å². The standard InChI is InChI=1S/C21H48N4/c1-5-24(6-2)19-13-10-16-21(23,15-9-12-18-22)17-11-14-20-25(7-3)8-4/h5-20,22-23H2,1-4H3. The fraction of sp³-hybridized carbons (Fsp3) is 1.00. The monoisotopic (exact) mass is 356 g/mol. The Morgan fingerprint density at radius 3 is 1.28 bits per heavy atom. The van der Waals surface area contributed by atoms with Crippen LogP contribution in [0.4, 0.5) is 0 Å². The Hall–Kier alpha value is -0.160. The van der Waals surface area contributed by atoms with Crippen molar-refractivity contribution in [3.63, 3.8) is 0 Å². The molecule has 4 heteroatoms. The normalized spacial score (nSPS) is 12.5. The van der Waals surface area contributed by atoms with Crippen molar-refractivity contribution in [3.8, 4) is 0 Å². The maximum absolute atomic E-state index is 6.83. The highest BCUT2D eigenvalue weighted by Gasteiger charge is 2.23. The minimum absolute atomic E-state index is 0.0295. The van der Waals surface area contributed by atoms with Crippen LogP contribution in [0.3, 0.4) is 0 Å². The molecule has 0 heterocycles. The van der Waals surface area contributed by atoms with Gasteiger partial charge in [-0.15, -0.1) is 0 Å². The quantitative estimate of drug-likeness (QED) is 0.366. The van der Waals surface area contributed by atoms with Gasteiger partial charge in [-0.1, -0.05) is 47.0 Å². The Balaban J connectivity index is 4.22. The summed E-state index contributed by atoms with van der Waals surface area (Å²) in [5.41, 5.74) is 12.5. The van der Waals surface area contributed by atoms with E-state index in [9.17, 15) is 0 Å². The summed E-state index contributed by atoms with van der Waals surface area (Å²) in [5, 5.41) is 0. The molecule has 0 rings (SSSR count). The van der Waals surface area contributed by atoms with Crippen molar-refractivity contribution >= 4 is 0 Å². The van der Waals surface area contributed by atoms with Gasteiger partial charge in [0.05, 0.1) is 0 Å². The third-order valence-corrected chi connectivity index (χ3v) is 5.72. The Labute approximate surface area is 158 Å². The van der Waals surface area contributed by atoms with Gasteiger partial charge in [0.1, 0.15) is 0 Å². The van der Waals surface area contributed by atoms with Gasteiger partial charge in [0, 0.05) is 5.54 Å². The highest BCUT2D eigenvalue weighted by molar-refractivity contribution is 4.84. The van der Waals surface area contributed by atoms with Gasteiger partial charge < -0.3 is 21.3 Å². The number of hydrogen-bond acceptors (Lipinski definition) is 4. The fourth-order valence-corrected chi connectivity index (χ4v) is 3.70. The van der Waals surface area contributed by atoms with Crippen molar-refractivity contribution in [1.29, 1.82) is 0 Å². The van der Waals surface area contributed by atoms with Crippen molar-refractivity contribution in [1.82, 2.24) is 9.80 Å². The zero-order chi connectivity index (χ0) is 19.0. The van der Waals surface area contributed by atoms with E-state index in [-0.39, 0.29) is 5.54 Å². The minimum atomic E-state index is 0.0295. The molecule has 0 spiro atoms.